The summed E-state index contributed by atoms with van der Waals surface area (Å²) in [7, 11) is -4.93. The molecule has 1 aliphatic heterocycles. The number of β-lactam (4-membered cyclic amide) rings is 1. The number of hydroxylamine groups is 2. The van der Waals surface area contributed by atoms with E-state index in [9.17, 15) is 22.8 Å². The Morgan fingerprint density at radius 3 is 2.56 bits per heavy atom. The Bertz CT molecular complexity index is 921. The molecular formula is C12H14N4O9S2. The van der Waals surface area contributed by atoms with Crippen molar-refractivity contribution in [2.24, 2.45) is 11.1 Å². The molecular weight excluding hydrogens is 408 g/mol. The lowest BCUT2D eigenvalue weighted by molar-refractivity contribution is -0.228. The number of carbonyl (C=O) groups excluding carboxylic acids is 2. The summed E-state index contributed by atoms with van der Waals surface area (Å²) in [5.41, 5.74) is 3.71. The van der Waals surface area contributed by atoms with Gasteiger partial charge in [-0.2, -0.15) is 13.5 Å². The van der Waals surface area contributed by atoms with Crippen molar-refractivity contribution in [1.82, 2.24) is 10.0 Å². The number of hydrogen-bond donors (Lipinski definition) is 3. The van der Waals surface area contributed by atoms with Crippen molar-refractivity contribution in [1.29, 1.82) is 0 Å². The van der Waals surface area contributed by atoms with Crippen molar-refractivity contribution in [3.63, 3.8) is 0 Å². The molecule has 27 heavy (non-hydrogen) atoms. The fourth-order valence-electron chi connectivity index (χ4n) is 2.37. The maximum absolute atomic E-state index is 12.5. The molecule has 148 valence electrons. The average molecular weight is 422 g/mol. The number of hydrogen-bond acceptors (Lipinski definition) is 11. The lowest BCUT2D eigenvalue weighted by Crippen LogP contribution is -2.68. The van der Waals surface area contributed by atoms with Crippen LogP contribution in [0.15, 0.2) is 10.5 Å². The van der Waals surface area contributed by atoms with E-state index in [-0.39, 0.29) is 10.8 Å². The number of anilines is 1. The fourth-order valence-corrected chi connectivity index (χ4v) is 3.37. The second-order valence-electron chi connectivity index (χ2n) is 5.84. The summed E-state index contributed by atoms with van der Waals surface area (Å²) in [6, 6.07) is 0. The predicted molar refractivity (Wildman–Crippen MR) is 88.8 cm³/mol. The Hall–Kier alpha value is -2.62. The van der Waals surface area contributed by atoms with Gasteiger partial charge >= 0.3 is 16.6 Å². The number of amides is 1. The smallest absolute Gasteiger partial charge is 0.448 e. The minimum atomic E-state index is -4.93. The molecule has 1 fully saturated rings. The quantitative estimate of drug-likeness (QED) is 0.176. The second-order valence-corrected chi connectivity index (χ2v) is 7.73. The standard InChI is InChI=1S/C12H14N4O9S2/c1-12(2)5(9(18)16(12)25-27(21,22)23)3-7(17)8(15-24-11(19)20)6-4-26-10(13)14-6/h4-5H,3H2,1-2H3,(H2,13,14)(H,19,20)(H,21,22,23)/b15-8-. The number of carbonyl (C=O) groups is 3. The molecule has 4 N–H and O–H groups in total. The molecule has 1 amide bonds. The zero-order chi connectivity index (χ0) is 20.6. The van der Waals surface area contributed by atoms with E-state index >= 15 is 0 Å². The molecule has 1 unspecified atom stereocenters. The Kier molecular flexibility index (Phi) is 5.50. The van der Waals surface area contributed by atoms with Crippen LogP contribution in [0.2, 0.25) is 0 Å². The summed E-state index contributed by atoms with van der Waals surface area (Å²) in [5.74, 6) is -2.69. The second kappa shape index (κ2) is 7.18. The van der Waals surface area contributed by atoms with Gasteiger partial charge < -0.3 is 10.8 Å². The lowest BCUT2D eigenvalue weighted by Gasteiger charge is -2.50. The van der Waals surface area contributed by atoms with Gasteiger partial charge in [0.1, 0.15) is 5.69 Å². The van der Waals surface area contributed by atoms with Gasteiger partial charge in [0.25, 0.3) is 5.91 Å². The highest BCUT2D eigenvalue weighted by Crippen LogP contribution is 2.40. The first-order valence-electron chi connectivity index (χ1n) is 7.06. The Morgan fingerprint density at radius 2 is 2.11 bits per heavy atom. The van der Waals surface area contributed by atoms with Crippen LogP contribution in [0.3, 0.4) is 0 Å². The molecule has 0 aliphatic carbocycles. The SMILES string of the molecule is CC1(C)C(CC(=O)/C(=N\OC(=O)O)c2csc(N)n2)C(=O)N1OS(=O)(=O)O. The van der Waals surface area contributed by atoms with Crippen LogP contribution < -0.4 is 5.73 Å². The van der Waals surface area contributed by atoms with Crippen molar-refractivity contribution < 1.29 is 41.6 Å². The molecule has 0 aromatic carbocycles. The van der Waals surface area contributed by atoms with Crippen LogP contribution in [0.5, 0.6) is 0 Å². The first-order valence-corrected chi connectivity index (χ1v) is 9.31. The van der Waals surface area contributed by atoms with Gasteiger partial charge in [-0.1, -0.05) is 5.16 Å². The Balaban J connectivity index is 2.21. The topological polar surface area (TPSA) is 199 Å². The number of Topliss-reactive ketones (excluding diaryl/α,β-unsaturated/α-hetero) is 1. The molecule has 0 saturated carbocycles. The Labute approximate surface area is 156 Å². The highest BCUT2D eigenvalue weighted by Gasteiger charge is 2.57. The highest BCUT2D eigenvalue weighted by atomic mass is 32.3. The third-order valence-electron chi connectivity index (χ3n) is 3.68. The first-order chi connectivity index (χ1) is 12.3. The van der Waals surface area contributed by atoms with Crippen LogP contribution in [-0.4, -0.2) is 57.2 Å². The van der Waals surface area contributed by atoms with Crippen molar-refractivity contribution in [3.05, 3.63) is 11.1 Å². The minimum Gasteiger partial charge on any atom is -0.448 e. The largest absolute Gasteiger partial charge is 0.532 e. The molecule has 1 saturated heterocycles. The van der Waals surface area contributed by atoms with Gasteiger partial charge in [-0.05, 0) is 13.8 Å². The maximum atomic E-state index is 12.5. The molecule has 1 aliphatic rings. The van der Waals surface area contributed by atoms with Crippen LogP contribution in [0.25, 0.3) is 0 Å². The third kappa shape index (κ3) is 4.57. The monoisotopic (exact) mass is 422 g/mol. The number of ketones is 1. The molecule has 0 spiro atoms. The van der Waals surface area contributed by atoms with Gasteiger partial charge in [0, 0.05) is 11.8 Å². The maximum Gasteiger partial charge on any atom is 0.532 e. The number of nitrogens with two attached hydrogens (primary N) is 1. The molecule has 0 bridgehead atoms. The highest BCUT2D eigenvalue weighted by molar-refractivity contribution is 7.80. The van der Waals surface area contributed by atoms with Gasteiger partial charge in [-0.15, -0.1) is 15.6 Å². The van der Waals surface area contributed by atoms with Gasteiger partial charge in [-0.3, -0.25) is 19.0 Å². The normalized spacial score (nSPS) is 19.5. The van der Waals surface area contributed by atoms with Crippen LogP contribution in [-0.2, 0) is 29.1 Å². The third-order valence-corrected chi connectivity index (χ3v) is 4.69. The van der Waals surface area contributed by atoms with E-state index < -0.39 is 51.8 Å². The molecule has 1 atom stereocenters. The number of rotatable bonds is 7. The summed E-state index contributed by atoms with van der Waals surface area (Å²) >= 11 is 0.971. The minimum absolute atomic E-state index is 0.0422. The first kappa shape index (κ1) is 20.7. The number of thiazole rings is 1. The van der Waals surface area contributed by atoms with Gasteiger partial charge in [0.2, 0.25) is 0 Å². The van der Waals surface area contributed by atoms with Gasteiger partial charge in [-0.25, -0.2) is 9.78 Å². The fraction of sp³-hybridized carbons (Fsp3) is 0.417. The zero-order valence-electron chi connectivity index (χ0n) is 13.8. The molecule has 1 aromatic heterocycles. The lowest BCUT2D eigenvalue weighted by atomic mass is 9.74. The van der Waals surface area contributed by atoms with E-state index in [0.29, 0.717) is 5.06 Å². The molecule has 15 heteroatoms. The van der Waals surface area contributed by atoms with Crippen molar-refractivity contribution in [3.8, 4) is 0 Å². The van der Waals surface area contributed by atoms with Crippen molar-refractivity contribution in [2.75, 3.05) is 5.73 Å². The van der Waals surface area contributed by atoms with Crippen molar-refractivity contribution >= 4 is 50.4 Å². The Morgan fingerprint density at radius 1 is 1.48 bits per heavy atom. The summed E-state index contributed by atoms with van der Waals surface area (Å²) in [4.78, 5) is 43.1. The summed E-state index contributed by atoms with van der Waals surface area (Å²) in [5, 5.41) is 13.7. The van der Waals surface area contributed by atoms with Crippen LogP contribution in [0.1, 0.15) is 26.0 Å². The summed E-state index contributed by atoms with van der Waals surface area (Å²) in [6.45, 7) is 2.81. The summed E-state index contributed by atoms with van der Waals surface area (Å²) < 4.78 is 34.5. The van der Waals surface area contributed by atoms with Crippen molar-refractivity contribution in [2.45, 2.75) is 25.8 Å². The molecule has 13 nitrogen and oxygen atoms in total. The number of carboxylic acid groups (broad SMARTS) is 1. The number of nitrogens with zero attached hydrogens (tertiary/aromatic N) is 3. The molecule has 1 aromatic rings. The molecule has 0 radical (unpaired) electrons. The zero-order valence-corrected chi connectivity index (χ0v) is 15.5. The van der Waals surface area contributed by atoms with E-state index in [1.165, 1.54) is 19.2 Å². The number of oxime groups is 1. The van der Waals surface area contributed by atoms with E-state index in [1.54, 1.807) is 0 Å². The summed E-state index contributed by atoms with van der Waals surface area (Å²) in [6.07, 6.45) is -2.24. The van der Waals surface area contributed by atoms with Gasteiger partial charge in [0.15, 0.2) is 16.6 Å². The van der Waals surface area contributed by atoms with Crippen LogP contribution in [0.4, 0.5) is 9.93 Å². The predicted octanol–water partition coefficient (Wildman–Crippen LogP) is 0.0546. The van der Waals surface area contributed by atoms with E-state index in [4.69, 9.17) is 15.4 Å². The number of aromatic nitrogens is 1. The van der Waals surface area contributed by atoms with E-state index in [2.05, 4.69) is 19.3 Å². The average Bonchev–Trinajstić information content (AvgIpc) is 2.95. The van der Waals surface area contributed by atoms with Gasteiger partial charge in [0.05, 0.1) is 11.5 Å². The molecule has 2 rings (SSSR count). The molecule has 2 heterocycles. The number of nitrogen functional groups attached to an aromatic ring is 1. The van der Waals surface area contributed by atoms with Crippen LogP contribution >= 0.6 is 11.3 Å². The van der Waals surface area contributed by atoms with Crippen LogP contribution in [0, 0.1) is 5.92 Å². The van der Waals surface area contributed by atoms with E-state index in [1.807, 2.05) is 0 Å². The van der Waals surface area contributed by atoms with E-state index in [0.717, 1.165) is 11.3 Å².